The topological polar surface area (TPSA) is 32.3 Å². The first-order valence-corrected chi connectivity index (χ1v) is 5.88. The first-order valence-electron chi connectivity index (χ1n) is 5.88. The van der Waals surface area contributed by atoms with Gasteiger partial charge in [-0.25, -0.2) is 4.79 Å². The number of halogens is 7. The first kappa shape index (κ1) is 18.4. The van der Waals surface area contributed by atoms with Crippen LogP contribution in [0.5, 0.6) is 0 Å². The highest BCUT2D eigenvalue weighted by Gasteiger charge is 2.37. The fraction of sp³-hybridized carbons (Fsp3) is 0.417. The van der Waals surface area contributed by atoms with Crippen LogP contribution in [0.3, 0.4) is 0 Å². The first-order chi connectivity index (χ1) is 9.57. The zero-order valence-corrected chi connectivity index (χ0v) is 11.7. The lowest BCUT2D eigenvalue weighted by molar-refractivity contribution is -0.143. The molecule has 0 bridgehead atoms. The highest BCUT2D eigenvalue weighted by atomic mass is 35.5. The minimum Gasteiger partial charge on any atom is -0.336 e. The molecule has 1 saturated heterocycles. The molecule has 2 amide bonds. The van der Waals surface area contributed by atoms with E-state index < -0.39 is 29.5 Å². The second kappa shape index (κ2) is 6.23. The molecule has 1 heterocycles. The Balaban J connectivity index is 0.00000242. The molecule has 1 fully saturated rings. The van der Waals surface area contributed by atoms with Gasteiger partial charge >= 0.3 is 18.4 Å². The average Bonchev–Trinajstić information content (AvgIpc) is 2.72. The largest absolute Gasteiger partial charge is 0.416 e. The summed E-state index contributed by atoms with van der Waals surface area (Å²) in [4.78, 5) is 12.5. The minimum absolute atomic E-state index is 0. The minimum atomic E-state index is -4.89. The quantitative estimate of drug-likeness (QED) is 0.813. The monoisotopic (exact) mass is 348 g/mol. The standard InChI is InChI=1S/C12H10F6N2O.ClH/c13-11(14,15)8-3-7(4-9(5-8)12(16,17)18)6-20-2-1-19-10(20)21;/h3-5H,1-2,6H2,(H,19,21);1H. The van der Waals surface area contributed by atoms with E-state index in [9.17, 15) is 31.1 Å². The average molecular weight is 349 g/mol. The lowest BCUT2D eigenvalue weighted by Crippen LogP contribution is -2.27. The number of alkyl halides is 6. The number of amides is 2. The second-order valence-electron chi connectivity index (χ2n) is 4.57. The maximum atomic E-state index is 12.7. The number of rotatable bonds is 2. The van der Waals surface area contributed by atoms with Gasteiger partial charge in [0.05, 0.1) is 11.1 Å². The molecule has 0 atom stereocenters. The predicted molar refractivity (Wildman–Crippen MR) is 67.5 cm³/mol. The molecule has 0 radical (unpaired) electrons. The molecule has 0 saturated carbocycles. The molecule has 1 aliphatic heterocycles. The maximum absolute atomic E-state index is 12.7. The van der Waals surface area contributed by atoms with E-state index >= 15 is 0 Å². The van der Waals surface area contributed by atoms with Gasteiger partial charge in [-0.1, -0.05) is 0 Å². The van der Waals surface area contributed by atoms with Gasteiger partial charge < -0.3 is 10.2 Å². The molecule has 3 nitrogen and oxygen atoms in total. The highest BCUT2D eigenvalue weighted by molar-refractivity contribution is 5.85. The van der Waals surface area contributed by atoms with Crippen molar-refractivity contribution in [3.05, 3.63) is 34.9 Å². The Hall–Kier alpha value is -1.64. The van der Waals surface area contributed by atoms with E-state index in [1.807, 2.05) is 0 Å². The van der Waals surface area contributed by atoms with Crippen LogP contribution in [0.4, 0.5) is 31.1 Å². The van der Waals surface area contributed by atoms with Crippen LogP contribution < -0.4 is 5.32 Å². The molecular formula is C12H11ClF6N2O. The Kier molecular flexibility index (Phi) is 5.21. The molecule has 10 heteroatoms. The number of nitrogens with zero attached hydrogens (tertiary/aromatic N) is 1. The van der Waals surface area contributed by atoms with Gasteiger partial charge in [0, 0.05) is 19.6 Å². The Morgan fingerprint density at radius 3 is 1.86 bits per heavy atom. The molecule has 0 spiro atoms. The van der Waals surface area contributed by atoms with Crippen LogP contribution >= 0.6 is 12.4 Å². The van der Waals surface area contributed by atoms with Crippen molar-refractivity contribution in [1.29, 1.82) is 0 Å². The SMILES string of the molecule is Cl.O=C1NCCN1Cc1cc(C(F)(F)F)cc(C(F)(F)F)c1. The van der Waals surface area contributed by atoms with Gasteiger partial charge in [-0.05, 0) is 23.8 Å². The van der Waals surface area contributed by atoms with Crippen molar-refractivity contribution in [2.45, 2.75) is 18.9 Å². The van der Waals surface area contributed by atoms with E-state index in [-0.39, 0.29) is 37.1 Å². The molecule has 1 aromatic rings. The van der Waals surface area contributed by atoms with Crippen LogP contribution in [0.1, 0.15) is 16.7 Å². The molecule has 1 N–H and O–H groups in total. The van der Waals surface area contributed by atoms with E-state index in [1.54, 1.807) is 0 Å². The predicted octanol–water partition coefficient (Wildman–Crippen LogP) is 3.67. The number of benzene rings is 1. The van der Waals surface area contributed by atoms with Crippen LogP contribution in [0.15, 0.2) is 18.2 Å². The summed E-state index contributed by atoms with van der Waals surface area (Å²) in [7, 11) is 0. The van der Waals surface area contributed by atoms with Crippen molar-refractivity contribution < 1.29 is 31.1 Å². The molecule has 2 rings (SSSR count). The molecule has 1 aromatic carbocycles. The fourth-order valence-corrected chi connectivity index (χ4v) is 1.99. The molecule has 22 heavy (non-hydrogen) atoms. The fourth-order valence-electron chi connectivity index (χ4n) is 1.99. The van der Waals surface area contributed by atoms with Crippen LogP contribution in [-0.4, -0.2) is 24.0 Å². The van der Waals surface area contributed by atoms with Gasteiger partial charge in [0.25, 0.3) is 0 Å². The molecule has 124 valence electrons. The Labute approximate surface area is 127 Å². The lowest BCUT2D eigenvalue weighted by Gasteiger charge is -2.18. The highest BCUT2D eigenvalue weighted by Crippen LogP contribution is 2.36. The van der Waals surface area contributed by atoms with Crippen LogP contribution in [-0.2, 0) is 18.9 Å². The number of carbonyl (C=O) groups excluding carboxylic acids is 1. The Bertz CT molecular complexity index is 525. The van der Waals surface area contributed by atoms with Crippen LogP contribution in [0.2, 0.25) is 0 Å². The van der Waals surface area contributed by atoms with Crippen LogP contribution in [0.25, 0.3) is 0 Å². The van der Waals surface area contributed by atoms with Gasteiger partial charge in [-0.15, -0.1) is 12.4 Å². The number of nitrogens with one attached hydrogen (secondary N) is 1. The van der Waals surface area contributed by atoms with Gasteiger partial charge in [0.2, 0.25) is 0 Å². The number of urea groups is 1. The van der Waals surface area contributed by atoms with Crippen molar-refractivity contribution in [3.63, 3.8) is 0 Å². The van der Waals surface area contributed by atoms with Crippen molar-refractivity contribution in [2.24, 2.45) is 0 Å². The third kappa shape index (κ3) is 4.19. The van der Waals surface area contributed by atoms with Gasteiger partial charge in [-0.2, -0.15) is 26.3 Å². The van der Waals surface area contributed by atoms with E-state index in [2.05, 4.69) is 5.32 Å². The van der Waals surface area contributed by atoms with Crippen molar-refractivity contribution in [1.82, 2.24) is 10.2 Å². The van der Waals surface area contributed by atoms with Gasteiger partial charge in [0.1, 0.15) is 0 Å². The summed E-state index contributed by atoms with van der Waals surface area (Å²) in [5, 5.41) is 2.42. The summed E-state index contributed by atoms with van der Waals surface area (Å²) in [6, 6.07) is 0.802. The lowest BCUT2D eigenvalue weighted by atomic mass is 10.0. The van der Waals surface area contributed by atoms with E-state index in [4.69, 9.17) is 0 Å². The number of hydrogen-bond acceptors (Lipinski definition) is 1. The van der Waals surface area contributed by atoms with E-state index in [0.29, 0.717) is 18.7 Å². The maximum Gasteiger partial charge on any atom is 0.416 e. The zero-order chi connectivity index (χ0) is 15.8. The molecule has 1 aliphatic rings. The summed E-state index contributed by atoms with van der Waals surface area (Å²) in [6.07, 6.45) is -9.77. The molecule has 0 aromatic heterocycles. The van der Waals surface area contributed by atoms with Crippen molar-refractivity contribution in [3.8, 4) is 0 Å². The molecular weight excluding hydrogens is 338 g/mol. The van der Waals surface area contributed by atoms with E-state index in [1.165, 1.54) is 0 Å². The van der Waals surface area contributed by atoms with Crippen molar-refractivity contribution in [2.75, 3.05) is 13.1 Å². The summed E-state index contributed by atoms with van der Waals surface area (Å²) in [5.74, 6) is 0. The molecule has 0 aliphatic carbocycles. The second-order valence-corrected chi connectivity index (χ2v) is 4.57. The van der Waals surface area contributed by atoms with Gasteiger partial charge in [0.15, 0.2) is 0 Å². The Morgan fingerprint density at radius 1 is 1.00 bits per heavy atom. The number of carbonyl (C=O) groups is 1. The van der Waals surface area contributed by atoms with E-state index in [0.717, 1.165) is 4.90 Å². The summed E-state index contributed by atoms with van der Waals surface area (Å²) >= 11 is 0. The smallest absolute Gasteiger partial charge is 0.336 e. The molecule has 0 unspecified atom stereocenters. The summed E-state index contributed by atoms with van der Waals surface area (Å²) in [5.41, 5.74) is -2.98. The summed E-state index contributed by atoms with van der Waals surface area (Å²) < 4.78 is 76.0. The number of hydrogen-bond donors (Lipinski definition) is 1. The van der Waals surface area contributed by atoms with Gasteiger partial charge in [-0.3, -0.25) is 0 Å². The van der Waals surface area contributed by atoms with Crippen LogP contribution in [0, 0.1) is 0 Å². The third-order valence-corrected chi connectivity index (χ3v) is 2.97. The zero-order valence-electron chi connectivity index (χ0n) is 10.9. The normalized spacial score (nSPS) is 15.5. The van der Waals surface area contributed by atoms with Crippen molar-refractivity contribution >= 4 is 18.4 Å². The third-order valence-electron chi connectivity index (χ3n) is 2.97. The Morgan fingerprint density at radius 2 is 1.50 bits per heavy atom. The summed E-state index contributed by atoms with van der Waals surface area (Å²) in [6.45, 7) is 0.235.